The summed E-state index contributed by atoms with van der Waals surface area (Å²) in [4.78, 5) is 38.2. The molecule has 0 aliphatic rings. The predicted octanol–water partition coefficient (Wildman–Crippen LogP) is 19.5. The molecule has 0 bridgehead atoms. The maximum atomic E-state index is 12.9. The van der Waals surface area contributed by atoms with Gasteiger partial charge in [-0.3, -0.25) is 14.4 Å². The van der Waals surface area contributed by atoms with E-state index in [1.165, 1.54) is 116 Å². The largest absolute Gasteiger partial charge is 0.462 e. The molecule has 0 aliphatic heterocycles. The van der Waals surface area contributed by atoms with Crippen LogP contribution in [0.25, 0.3) is 0 Å². The van der Waals surface area contributed by atoms with Crippen LogP contribution < -0.4 is 0 Å². The van der Waals surface area contributed by atoms with Gasteiger partial charge in [0, 0.05) is 19.3 Å². The molecule has 0 spiro atoms. The zero-order valence-electron chi connectivity index (χ0n) is 45.3. The van der Waals surface area contributed by atoms with Crippen molar-refractivity contribution in [2.75, 3.05) is 13.2 Å². The number of allylic oxidation sites excluding steroid dienone is 14. The monoisotopic (exact) mass is 961 g/mol. The molecule has 0 heterocycles. The maximum Gasteiger partial charge on any atom is 0.306 e. The summed E-state index contributed by atoms with van der Waals surface area (Å²) in [6, 6.07) is 0. The van der Waals surface area contributed by atoms with Gasteiger partial charge < -0.3 is 14.2 Å². The van der Waals surface area contributed by atoms with E-state index in [2.05, 4.69) is 106 Å². The first-order valence-electron chi connectivity index (χ1n) is 29.1. The average Bonchev–Trinajstić information content (AvgIpc) is 3.35. The third-order valence-corrected chi connectivity index (χ3v) is 12.4. The predicted molar refractivity (Wildman–Crippen MR) is 297 cm³/mol. The second kappa shape index (κ2) is 57.2. The fourth-order valence-electron chi connectivity index (χ4n) is 8.08. The Balaban J connectivity index is 4.44. The molecule has 0 fully saturated rings. The standard InChI is InChI=1S/C63H108O6/c1-4-7-10-13-16-19-22-25-28-30-32-34-35-38-41-44-47-50-53-56-62(65)68-59-60(58-67-61(64)55-52-49-46-43-40-37-27-24-21-18-15-12-9-6-3)69-63(66)57-54-51-48-45-42-39-36-33-31-29-26-23-20-17-14-11-8-5-2/h7,10,16,19,23,25-26,28-29,31-34,36,60H,4-6,8-9,11-15,17-18,20-22,24,27,30,35,37-59H2,1-3H3/b10-7-,19-16-,26-23-,28-25-,31-29-,34-32-,36-33-. The third-order valence-electron chi connectivity index (χ3n) is 12.4. The van der Waals surface area contributed by atoms with Crippen molar-refractivity contribution >= 4 is 17.9 Å². The van der Waals surface area contributed by atoms with Gasteiger partial charge in [0.05, 0.1) is 0 Å². The fourth-order valence-corrected chi connectivity index (χ4v) is 8.08. The van der Waals surface area contributed by atoms with Crippen LogP contribution in [0.4, 0.5) is 0 Å². The van der Waals surface area contributed by atoms with Gasteiger partial charge in [-0.2, -0.15) is 0 Å². The molecule has 0 aromatic carbocycles. The minimum Gasteiger partial charge on any atom is -0.462 e. The molecule has 0 saturated carbocycles. The molecule has 0 aromatic rings. The van der Waals surface area contributed by atoms with E-state index in [-0.39, 0.29) is 31.1 Å². The summed E-state index contributed by atoms with van der Waals surface area (Å²) in [5.74, 6) is -0.914. The first-order chi connectivity index (χ1) is 34.0. The van der Waals surface area contributed by atoms with Gasteiger partial charge in [0.2, 0.25) is 0 Å². The number of esters is 3. The van der Waals surface area contributed by atoms with Crippen LogP contribution in [-0.4, -0.2) is 37.2 Å². The summed E-state index contributed by atoms with van der Waals surface area (Å²) < 4.78 is 16.9. The minimum absolute atomic E-state index is 0.0878. The Morgan fingerprint density at radius 2 is 0.623 bits per heavy atom. The lowest BCUT2D eigenvalue weighted by Crippen LogP contribution is -2.30. The van der Waals surface area contributed by atoms with Crippen LogP contribution in [0.15, 0.2) is 85.1 Å². The molecule has 1 atom stereocenters. The zero-order valence-corrected chi connectivity index (χ0v) is 45.3. The van der Waals surface area contributed by atoms with E-state index in [4.69, 9.17) is 14.2 Å². The Kier molecular flexibility index (Phi) is 54.3. The highest BCUT2D eigenvalue weighted by Gasteiger charge is 2.19. The van der Waals surface area contributed by atoms with E-state index < -0.39 is 6.10 Å². The zero-order chi connectivity index (χ0) is 50.0. The molecular formula is C63H108O6. The summed E-state index contributed by atoms with van der Waals surface area (Å²) >= 11 is 0. The molecule has 396 valence electrons. The van der Waals surface area contributed by atoms with Crippen molar-refractivity contribution in [3.05, 3.63) is 85.1 Å². The van der Waals surface area contributed by atoms with Crippen molar-refractivity contribution in [1.29, 1.82) is 0 Å². The van der Waals surface area contributed by atoms with Crippen LogP contribution in [0.3, 0.4) is 0 Å². The van der Waals surface area contributed by atoms with Crippen LogP contribution >= 0.6 is 0 Å². The number of hydrogen-bond acceptors (Lipinski definition) is 6. The van der Waals surface area contributed by atoms with Crippen LogP contribution in [0.5, 0.6) is 0 Å². The number of unbranched alkanes of at least 4 members (excludes halogenated alkanes) is 29. The number of rotatable bonds is 52. The van der Waals surface area contributed by atoms with E-state index in [0.29, 0.717) is 19.3 Å². The molecule has 0 aromatic heterocycles. The quantitative estimate of drug-likeness (QED) is 0.0199. The fraction of sp³-hybridized carbons (Fsp3) is 0.730. The maximum absolute atomic E-state index is 12.9. The van der Waals surface area contributed by atoms with Gasteiger partial charge >= 0.3 is 17.9 Å². The minimum atomic E-state index is -0.793. The van der Waals surface area contributed by atoms with E-state index in [9.17, 15) is 14.4 Å². The van der Waals surface area contributed by atoms with E-state index in [1.54, 1.807) is 0 Å². The topological polar surface area (TPSA) is 78.9 Å². The Hall–Kier alpha value is -3.41. The molecule has 0 saturated heterocycles. The summed E-state index contributed by atoms with van der Waals surface area (Å²) in [5.41, 5.74) is 0. The first-order valence-corrected chi connectivity index (χ1v) is 29.1. The SMILES string of the molecule is CC/C=C\C/C=C\C/C=C\C/C=C\CCCCCCCCC(=O)OCC(COC(=O)CCCCCCCCCCCCCCCC)OC(=O)CCCCCCC\C=C/C=C\C=C/CCCCCCC. The molecule has 6 heteroatoms. The van der Waals surface area contributed by atoms with E-state index in [1.807, 2.05) is 0 Å². The molecule has 69 heavy (non-hydrogen) atoms. The normalized spacial score (nSPS) is 12.7. The molecule has 6 nitrogen and oxygen atoms in total. The van der Waals surface area contributed by atoms with Gasteiger partial charge in [-0.15, -0.1) is 0 Å². The van der Waals surface area contributed by atoms with Crippen LogP contribution in [0, 0.1) is 0 Å². The second-order valence-corrected chi connectivity index (χ2v) is 19.2. The van der Waals surface area contributed by atoms with Crippen molar-refractivity contribution < 1.29 is 28.6 Å². The summed E-state index contributed by atoms with van der Waals surface area (Å²) in [6.07, 6.45) is 74.2. The Morgan fingerprint density at radius 3 is 1.00 bits per heavy atom. The molecular weight excluding hydrogens is 853 g/mol. The summed E-state index contributed by atoms with van der Waals surface area (Å²) in [7, 11) is 0. The highest BCUT2D eigenvalue weighted by molar-refractivity contribution is 5.71. The van der Waals surface area contributed by atoms with Crippen LogP contribution in [0.1, 0.15) is 278 Å². The van der Waals surface area contributed by atoms with E-state index in [0.717, 1.165) is 122 Å². The second-order valence-electron chi connectivity index (χ2n) is 19.2. The van der Waals surface area contributed by atoms with Crippen molar-refractivity contribution in [2.24, 2.45) is 0 Å². The van der Waals surface area contributed by atoms with Crippen molar-refractivity contribution in [3.8, 4) is 0 Å². The third kappa shape index (κ3) is 55.4. The van der Waals surface area contributed by atoms with Crippen LogP contribution in [0.2, 0.25) is 0 Å². The molecule has 0 radical (unpaired) electrons. The summed E-state index contributed by atoms with van der Waals surface area (Å²) in [6.45, 7) is 6.50. The van der Waals surface area contributed by atoms with Crippen molar-refractivity contribution in [3.63, 3.8) is 0 Å². The smallest absolute Gasteiger partial charge is 0.306 e. The number of ether oxygens (including phenoxy) is 3. The molecule has 0 N–H and O–H groups in total. The lowest BCUT2D eigenvalue weighted by molar-refractivity contribution is -0.167. The lowest BCUT2D eigenvalue weighted by atomic mass is 10.0. The first kappa shape index (κ1) is 65.6. The lowest BCUT2D eigenvalue weighted by Gasteiger charge is -2.18. The van der Waals surface area contributed by atoms with Crippen molar-refractivity contribution in [1.82, 2.24) is 0 Å². The molecule has 0 rings (SSSR count). The Morgan fingerprint density at radius 1 is 0.319 bits per heavy atom. The Bertz CT molecular complexity index is 1330. The van der Waals surface area contributed by atoms with Gasteiger partial charge in [-0.05, 0) is 83.5 Å². The Labute approximate surface area is 426 Å². The van der Waals surface area contributed by atoms with Gasteiger partial charge in [0.15, 0.2) is 6.10 Å². The number of hydrogen-bond donors (Lipinski definition) is 0. The molecule has 1 unspecified atom stereocenters. The molecule has 0 aliphatic carbocycles. The van der Waals surface area contributed by atoms with Gasteiger partial charge in [-0.1, -0.05) is 260 Å². The summed E-state index contributed by atoms with van der Waals surface area (Å²) in [5, 5.41) is 0. The van der Waals surface area contributed by atoms with Crippen molar-refractivity contribution in [2.45, 2.75) is 284 Å². The van der Waals surface area contributed by atoms with Crippen LogP contribution in [-0.2, 0) is 28.6 Å². The van der Waals surface area contributed by atoms with Gasteiger partial charge in [0.1, 0.15) is 13.2 Å². The number of carbonyl (C=O) groups excluding carboxylic acids is 3. The highest BCUT2D eigenvalue weighted by Crippen LogP contribution is 2.15. The van der Waals surface area contributed by atoms with Gasteiger partial charge in [0.25, 0.3) is 0 Å². The molecule has 0 amide bonds. The highest BCUT2D eigenvalue weighted by atomic mass is 16.6. The number of carbonyl (C=O) groups is 3. The van der Waals surface area contributed by atoms with E-state index >= 15 is 0 Å². The average molecular weight is 962 g/mol. The van der Waals surface area contributed by atoms with Gasteiger partial charge in [-0.25, -0.2) is 0 Å².